The number of hydrogen-bond acceptors (Lipinski definition) is 2. The van der Waals surface area contributed by atoms with Crippen LogP contribution >= 0.6 is 34.5 Å². The Kier molecular flexibility index (Phi) is 3.82. The fourth-order valence-corrected chi connectivity index (χ4v) is 2.66. The van der Waals surface area contributed by atoms with E-state index in [4.69, 9.17) is 23.2 Å². The maximum atomic E-state index is 13.5. The van der Waals surface area contributed by atoms with Gasteiger partial charge in [-0.25, -0.2) is 4.39 Å². The standard InChI is InChI=1S/C12H7Cl2FOS/c13-7-1-3-9(10(15)5-7)11(16)6-8-2-4-12(14)17-8/h1-5H,6H2. The Balaban J connectivity index is 2.20. The van der Waals surface area contributed by atoms with E-state index >= 15 is 0 Å². The lowest BCUT2D eigenvalue weighted by Gasteiger charge is -2.01. The van der Waals surface area contributed by atoms with Crippen LogP contribution in [-0.2, 0) is 6.42 Å². The highest BCUT2D eigenvalue weighted by Crippen LogP contribution is 2.23. The number of ketones is 1. The maximum absolute atomic E-state index is 13.5. The number of Topliss-reactive ketones (excluding diaryl/α,β-unsaturated/α-hetero) is 1. The summed E-state index contributed by atoms with van der Waals surface area (Å²) in [6.07, 6.45) is 0.149. The van der Waals surface area contributed by atoms with Crippen molar-refractivity contribution in [1.29, 1.82) is 0 Å². The van der Waals surface area contributed by atoms with E-state index in [-0.39, 0.29) is 22.8 Å². The van der Waals surface area contributed by atoms with Gasteiger partial charge in [0, 0.05) is 16.3 Å². The highest BCUT2D eigenvalue weighted by Gasteiger charge is 2.13. The van der Waals surface area contributed by atoms with Gasteiger partial charge in [-0.3, -0.25) is 4.79 Å². The minimum atomic E-state index is -0.592. The number of thiophene rings is 1. The van der Waals surface area contributed by atoms with Crippen molar-refractivity contribution < 1.29 is 9.18 Å². The zero-order chi connectivity index (χ0) is 12.4. The Morgan fingerprint density at radius 3 is 2.59 bits per heavy atom. The zero-order valence-corrected chi connectivity index (χ0v) is 10.9. The first kappa shape index (κ1) is 12.6. The molecule has 2 rings (SSSR count). The average molecular weight is 289 g/mol. The summed E-state index contributed by atoms with van der Waals surface area (Å²) in [7, 11) is 0. The Hall–Kier alpha value is -0.900. The molecule has 5 heteroatoms. The van der Waals surface area contributed by atoms with E-state index in [9.17, 15) is 9.18 Å². The Labute approximate surface area is 112 Å². The summed E-state index contributed by atoms with van der Waals surface area (Å²) in [5, 5.41) is 0.276. The first-order valence-corrected chi connectivity index (χ1v) is 6.36. The summed E-state index contributed by atoms with van der Waals surface area (Å²) >= 11 is 12.7. The van der Waals surface area contributed by atoms with Crippen molar-refractivity contribution in [3.8, 4) is 0 Å². The van der Waals surface area contributed by atoms with Gasteiger partial charge in [-0.15, -0.1) is 11.3 Å². The van der Waals surface area contributed by atoms with Crippen molar-refractivity contribution in [2.75, 3.05) is 0 Å². The SMILES string of the molecule is O=C(Cc1ccc(Cl)s1)c1ccc(Cl)cc1F. The molecule has 0 aliphatic carbocycles. The molecule has 0 unspecified atom stereocenters. The molecular weight excluding hydrogens is 282 g/mol. The van der Waals surface area contributed by atoms with Crippen LogP contribution in [-0.4, -0.2) is 5.78 Å². The summed E-state index contributed by atoms with van der Waals surface area (Å²) < 4.78 is 14.1. The highest BCUT2D eigenvalue weighted by molar-refractivity contribution is 7.16. The third-order valence-electron chi connectivity index (χ3n) is 2.20. The van der Waals surface area contributed by atoms with Gasteiger partial charge in [0.25, 0.3) is 0 Å². The van der Waals surface area contributed by atoms with Crippen molar-refractivity contribution >= 4 is 40.3 Å². The number of rotatable bonds is 3. The lowest BCUT2D eigenvalue weighted by atomic mass is 10.1. The third-order valence-corrected chi connectivity index (χ3v) is 3.66. The van der Waals surface area contributed by atoms with E-state index < -0.39 is 5.82 Å². The lowest BCUT2D eigenvalue weighted by Crippen LogP contribution is -2.04. The van der Waals surface area contributed by atoms with Gasteiger partial charge < -0.3 is 0 Å². The van der Waals surface area contributed by atoms with Crippen LogP contribution in [0.25, 0.3) is 0 Å². The van der Waals surface area contributed by atoms with E-state index in [1.807, 2.05) is 0 Å². The summed E-state index contributed by atoms with van der Waals surface area (Å²) in [6.45, 7) is 0. The molecule has 0 saturated carbocycles. The van der Waals surface area contributed by atoms with Gasteiger partial charge in [-0.05, 0) is 30.3 Å². The molecule has 0 spiro atoms. The van der Waals surface area contributed by atoms with Gasteiger partial charge in [0.15, 0.2) is 5.78 Å². The van der Waals surface area contributed by atoms with E-state index in [0.29, 0.717) is 4.34 Å². The minimum Gasteiger partial charge on any atom is -0.294 e. The zero-order valence-electron chi connectivity index (χ0n) is 8.54. The molecule has 1 nitrogen and oxygen atoms in total. The van der Waals surface area contributed by atoms with Crippen LogP contribution in [0.3, 0.4) is 0 Å². The predicted octanol–water partition coefficient (Wildman–Crippen LogP) is 4.62. The second-order valence-corrected chi connectivity index (χ2v) is 5.67. The van der Waals surface area contributed by atoms with Crippen molar-refractivity contribution in [3.63, 3.8) is 0 Å². The fraction of sp³-hybridized carbons (Fsp3) is 0.0833. The molecule has 17 heavy (non-hydrogen) atoms. The van der Waals surface area contributed by atoms with Gasteiger partial charge in [-0.1, -0.05) is 23.2 Å². The molecule has 1 heterocycles. The molecule has 0 aliphatic heterocycles. The molecular formula is C12H7Cl2FOS. The second kappa shape index (κ2) is 5.17. The van der Waals surface area contributed by atoms with Crippen molar-refractivity contribution in [3.05, 3.63) is 55.9 Å². The lowest BCUT2D eigenvalue weighted by molar-refractivity contribution is 0.0990. The van der Waals surface area contributed by atoms with Gasteiger partial charge in [-0.2, -0.15) is 0 Å². The maximum Gasteiger partial charge on any atom is 0.171 e. The molecule has 88 valence electrons. The molecule has 0 saturated heterocycles. The van der Waals surface area contributed by atoms with Crippen LogP contribution in [0.15, 0.2) is 30.3 Å². The average Bonchev–Trinajstić information content (AvgIpc) is 2.63. The van der Waals surface area contributed by atoms with Crippen LogP contribution in [0, 0.1) is 5.82 Å². The topological polar surface area (TPSA) is 17.1 Å². The van der Waals surface area contributed by atoms with Crippen LogP contribution < -0.4 is 0 Å². The quantitative estimate of drug-likeness (QED) is 0.753. The van der Waals surface area contributed by atoms with Gasteiger partial charge >= 0.3 is 0 Å². The van der Waals surface area contributed by atoms with E-state index in [1.54, 1.807) is 12.1 Å². The molecule has 2 aromatic rings. The molecule has 0 N–H and O–H groups in total. The predicted molar refractivity (Wildman–Crippen MR) is 68.8 cm³/mol. The Morgan fingerprint density at radius 1 is 1.24 bits per heavy atom. The fourth-order valence-electron chi connectivity index (χ4n) is 1.42. The van der Waals surface area contributed by atoms with E-state index in [0.717, 1.165) is 10.9 Å². The van der Waals surface area contributed by atoms with Gasteiger partial charge in [0.05, 0.1) is 9.90 Å². The molecule has 0 atom stereocenters. The first-order chi connectivity index (χ1) is 8.06. The molecule has 1 aromatic carbocycles. The van der Waals surface area contributed by atoms with Crippen molar-refractivity contribution in [2.45, 2.75) is 6.42 Å². The van der Waals surface area contributed by atoms with Crippen LogP contribution in [0.1, 0.15) is 15.2 Å². The molecule has 0 aliphatic rings. The van der Waals surface area contributed by atoms with Crippen LogP contribution in [0.5, 0.6) is 0 Å². The third kappa shape index (κ3) is 3.06. The summed E-state index contributed by atoms with van der Waals surface area (Å²) in [6, 6.07) is 7.51. The number of halogens is 3. The monoisotopic (exact) mass is 288 g/mol. The van der Waals surface area contributed by atoms with Gasteiger partial charge in [0.1, 0.15) is 5.82 Å². The van der Waals surface area contributed by atoms with Crippen molar-refractivity contribution in [2.24, 2.45) is 0 Å². The van der Waals surface area contributed by atoms with Crippen LogP contribution in [0.4, 0.5) is 4.39 Å². The van der Waals surface area contributed by atoms with E-state index in [2.05, 4.69) is 0 Å². The Bertz CT molecular complexity index is 565. The van der Waals surface area contributed by atoms with Crippen molar-refractivity contribution in [1.82, 2.24) is 0 Å². The number of carbonyl (C=O) groups is 1. The summed E-state index contributed by atoms with van der Waals surface area (Å²) in [5.41, 5.74) is 0.0546. The molecule has 1 aromatic heterocycles. The molecule has 0 bridgehead atoms. The molecule has 0 amide bonds. The van der Waals surface area contributed by atoms with Gasteiger partial charge in [0.2, 0.25) is 0 Å². The van der Waals surface area contributed by atoms with E-state index in [1.165, 1.54) is 23.5 Å². The molecule has 0 radical (unpaired) electrons. The smallest absolute Gasteiger partial charge is 0.171 e. The first-order valence-electron chi connectivity index (χ1n) is 4.79. The summed E-state index contributed by atoms with van der Waals surface area (Å²) in [5.74, 6) is -0.872. The second-order valence-electron chi connectivity index (χ2n) is 3.43. The number of benzene rings is 1. The normalized spacial score (nSPS) is 10.5. The Morgan fingerprint density at radius 2 is 2.00 bits per heavy atom. The summed E-state index contributed by atoms with van der Waals surface area (Å²) in [4.78, 5) is 12.7. The number of hydrogen-bond donors (Lipinski definition) is 0. The highest BCUT2D eigenvalue weighted by atomic mass is 35.5. The molecule has 0 fully saturated rings. The number of carbonyl (C=O) groups excluding carboxylic acids is 1. The minimum absolute atomic E-state index is 0.0546. The van der Waals surface area contributed by atoms with Crippen LogP contribution in [0.2, 0.25) is 9.36 Å². The largest absolute Gasteiger partial charge is 0.294 e.